The third-order valence-corrected chi connectivity index (χ3v) is 6.87. The highest BCUT2D eigenvalue weighted by molar-refractivity contribution is 7.80. The lowest BCUT2D eigenvalue weighted by Gasteiger charge is -2.20. The van der Waals surface area contributed by atoms with Crippen molar-refractivity contribution in [2.24, 2.45) is 0 Å². The zero-order chi connectivity index (χ0) is 24.5. The van der Waals surface area contributed by atoms with Crippen LogP contribution in [0.4, 0.5) is 16.2 Å². The third-order valence-electron chi connectivity index (χ3n) is 6.65. The van der Waals surface area contributed by atoms with E-state index in [0.717, 1.165) is 27.2 Å². The molecular formula is C28H25N3O4S. The molecule has 2 heterocycles. The minimum absolute atomic E-state index is 0.153. The van der Waals surface area contributed by atoms with E-state index in [0.29, 0.717) is 17.4 Å². The van der Waals surface area contributed by atoms with E-state index >= 15 is 0 Å². The molecular weight excluding hydrogens is 474 g/mol. The monoisotopic (exact) mass is 499 g/mol. The summed E-state index contributed by atoms with van der Waals surface area (Å²) in [6.07, 6.45) is -1.67. The molecule has 4 aromatic rings. The maximum absolute atomic E-state index is 12.7. The van der Waals surface area contributed by atoms with Crippen LogP contribution in [0.25, 0.3) is 21.5 Å². The van der Waals surface area contributed by atoms with Crippen LogP contribution in [0.1, 0.15) is 0 Å². The van der Waals surface area contributed by atoms with Gasteiger partial charge >= 0.3 is 6.09 Å². The lowest BCUT2D eigenvalue weighted by Crippen LogP contribution is -2.46. The molecule has 0 aromatic heterocycles. The van der Waals surface area contributed by atoms with Crippen LogP contribution in [0.2, 0.25) is 0 Å². The van der Waals surface area contributed by atoms with Crippen molar-refractivity contribution in [2.45, 2.75) is 24.4 Å². The summed E-state index contributed by atoms with van der Waals surface area (Å²) in [5, 5.41) is 14.2. The van der Waals surface area contributed by atoms with E-state index in [1.807, 2.05) is 66.7 Å². The third kappa shape index (κ3) is 4.46. The van der Waals surface area contributed by atoms with Crippen molar-refractivity contribution in [3.05, 3.63) is 84.9 Å². The minimum Gasteiger partial charge on any atom is -0.441 e. The number of fused-ring (bicyclic) bond motifs is 3. The van der Waals surface area contributed by atoms with Crippen molar-refractivity contribution < 1.29 is 19.0 Å². The topological polar surface area (TPSA) is 80.9 Å². The molecule has 7 nitrogen and oxygen atoms in total. The second kappa shape index (κ2) is 9.73. The fraction of sp³-hybridized carbons (Fsp3) is 0.214. The number of carbonyl (C=O) groups excluding carboxylic acids is 1. The van der Waals surface area contributed by atoms with E-state index in [2.05, 4.69) is 34.1 Å². The van der Waals surface area contributed by atoms with Crippen LogP contribution >= 0.6 is 12.2 Å². The molecule has 1 amide bonds. The number of thiocarbonyl (C=S) groups is 1. The van der Waals surface area contributed by atoms with Crippen LogP contribution < -0.4 is 16.0 Å². The molecule has 0 radical (unpaired) electrons. The zero-order valence-corrected chi connectivity index (χ0v) is 20.2. The average molecular weight is 500 g/mol. The highest BCUT2D eigenvalue weighted by Crippen LogP contribution is 2.30. The van der Waals surface area contributed by atoms with Gasteiger partial charge in [0.15, 0.2) is 11.2 Å². The van der Waals surface area contributed by atoms with E-state index in [4.69, 9.17) is 26.4 Å². The van der Waals surface area contributed by atoms with Crippen LogP contribution in [0, 0.1) is 0 Å². The van der Waals surface area contributed by atoms with Gasteiger partial charge in [0.25, 0.3) is 0 Å². The number of rotatable bonds is 4. The van der Waals surface area contributed by atoms with Gasteiger partial charge < -0.3 is 24.8 Å². The molecule has 0 bridgehead atoms. The zero-order valence-electron chi connectivity index (χ0n) is 19.3. The molecule has 0 aliphatic carbocycles. The normalized spacial score (nSPS) is 22.8. The number of nitrogens with one attached hydrogen (secondary N) is 3. The Bertz CT molecular complexity index is 1330. The first-order valence-corrected chi connectivity index (χ1v) is 12.3. The molecule has 3 N–H and O–H groups in total. The van der Waals surface area contributed by atoms with Crippen LogP contribution in [0.5, 0.6) is 0 Å². The van der Waals surface area contributed by atoms with Gasteiger partial charge in [0.2, 0.25) is 0 Å². The van der Waals surface area contributed by atoms with Crippen molar-refractivity contribution in [1.29, 1.82) is 0 Å². The molecule has 2 aliphatic rings. The largest absolute Gasteiger partial charge is 0.441 e. The maximum Gasteiger partial charge on any atom is 0.412 e. The molecule has 2 fully saturated rings. The summed E-state index contributed by atoms with van der Waals surface area (Å²) in [6.45, 7) is 0.664. The first-order chi connectivity index (χ1) is 17.7. The van der Waals surface area contributed by atoms with E-state index in [1.165, 1.54) is 0 Å². The molecule has 0 saturated carbocycles. The maximum atomic E-state index is 12.7. The van der Waals surface area contributed by atoms with Gasteiger partial charge in [-0.3, -0.25) is 5.32 Å². The van der Waals surface area contributed by atoms with Crippen LogP contribution in [-0.2, 0) is 14.2 Å². The highest BCUT2D eigenvalue weighted by Gasteiger charge is 2.49. The SMILES string of the molecule is O=C(Nc1cccc2ccccc12)O[C@@H]1CO[C@H]2[C@H]1OC[C@H]2NC(=S)Nc1cccc2ccccc12. The Morgan fingerprint density at radius 1 is 0.750 bits per heavy atom. The number of ether oxygens (including phenoxy) is 3. The van der Waals surface area contributed by atoms with Gasteiger partial charge in [-0.25, -0.2) is 4.79 Å². The predicted octanol–water partition coefficient (Wildman–Crippen LogP) is 5.06. The van der Waals surface area contributed by atoms with Gasteiger partial charge in [-0.15, -0.1) is 0 Å². The van der Waals surface area contributed by atoms with E-state index in [-0.39, 0.29) is 24.9 Å². The number of benzene rings is 4. The summed E-state index contributed by atoms with van der Waals surface area (Å²) in [5.74, 6) is 0. The molecule has 8 heteroatoms. The van der Waals surface area contributed by atoms with Gasteiger partial charge in [0.05, 0.1) is 24.9 Å². The summed E-state index contributed by atoms with van der Waals surface area (Å²) in [6, 6.07) is 27.7. The van der Waals surface area contributed by atoms with Gasteiger partial charge in [0.1, 0.15) is 12.2 Å². The summed E-state index contributed by atoms with van der Waals surface area (Å²) in [4.78, 5) is 12.7. The number of hydrogen-bond acceptors (Lipinski definition) is 5. The van der Waals surface area contributed by atoms with Gasteiger partial charge in [-0.1, -0.05) is 72.8 Å². The molecule has 0 unspecified atom stereocenters. The molecule has 4 atom stereocenters. The summed E-state index contributed by atoms with van der Waals surface area (Å²) >= 11 is 5.58. The predicted molar refractivity (Wildman–Crippen MR) is 144 cm³/mol. The van der Waals surface area contributed by atoms with Crippen molar-refractivity contribution in [1.82, 2.24) is 5.32 Å². The van der Waals surface area contributed by atoms with Crippen molar-refractivity contribution in [3.8, 4) is 0 Å². The number of carbonyl (C=O) groups is 1. The smallest absolute Gasteiger partial charge is 0.412 e. The fourth-order valence-corrected chi connectivity index (χ4v) is 5.22. The lowest BCUT2D eigenvalue weighted by atomic mass is 10.1. The van der Waals surface area contributed by atoms with Gasteiger partial charge in [0, 0.05) is 16.5 Å². The Kier molecular flexibility index (Phi) is 6.14. The molecule has 0 spiro atoms. The Morgan fingerprint density at radius 3 is 2.03 bits per heavy atom. The Hall–Kier alpha value is -3.72. The first kappa shape index (κ1) is 22.7. The van der Waals surface area contributed by atoms with Gasteiger partial charge in [-0.2, -0.15) is 0 Å². The number of anilines is 2. The van der Waals surface area contributed by atoms with E-state index in [9.17, 15) is 4.79 Å². The Morgan fingerprint density at radius 2 is 1.33 bits per heavy atom. The van der Waals surface area contributed by atoms with E-state index < -0.39 is 12.2 Å². The molecule has 2 aliphatic heterocycles. The van der Waals surface area contributed by atoms with Crippen LogP contribution in [0.15, 0.2) is 84.9 Å². The molecule has 6 rings (SSSR count). The summed E-state index contributed by atoms with van der Waals surface area (Å²) in [5.41, 5.74) is 1.63. The second-order valence-corrected chi connectivity index (χ2v) is 9.33. The summed E-state index contributed by atoms with van der Waals surface area (Å²) < 4.78 is 17.6. The fourth-order valence-electron chi connectivity index (χ4n) is 4.96. The lowest BCUT2D eigenvalue weighted by molar-refractivity contribution is 0.00881. The van der Waals surface area contributed by atoms with Crippen molar-refractivity contribution in [3.63, 3.8) is 0 Å². The van der Waals surface area contributed by atoms with Crippen LogP contribution in [-0.4, -0.2) is 48.8 Å². The average Bonchev–Trinajstić information content (AvgIpc) is 3.48. The number of amides is 1. The van der Waals surface area contributed by atoms with Crippen LogP contribution in [0.3, 0.4) is 0 Å². The standard InChI is InChI=1S/C28H25N3O4S/c32-28(31-22-14-6-10-18-8-2-4-12-20(18)22)35-24-16-34-25-23(15-33-26(24)25)30-27(36)29-21-13-5-9-17-7-1-3-11-19(17)21/h1-14,23-26H,15-16H2,(H,31,32)(H2,29,30,36)/t23-,24-,25-,26+/m1/s1. The summed E-state index contributed by atoms with van der Waals surface area (Å²) in [7, 11) is 0. The molecule has 182 valence electrons. The Labute approximate surface area is 213 Å². The van der Waals surface area contributed by atoms with E-state index in [1.54, 1.807) is 0 Å². The van der Waals surface area contributed by atoms with Crippen molar-refractivity contribution in [2.75, 3.05) is 23.8 Å². The minimum atomic E-state index is -0.534. The van der Waals surface area contributed by atoms with Gasteiger partial charge in [-0.05, 0) is 35.1 Å². The second-order valence-electron chi connectivity index (χ2n) is 8.92. The first-order valence-electron chi connectivity index (χ1n) is 11.9. The number of hydrogen-bond donors (Lipinski definition) is 3. The highest BCUT2D eigenvalue weighted by atomic mass is 32.1. The molecule has 36 heavy (non-hydrogen) atoms. The molecule has 4 aromatic carbocycles. The molecule has 2 saturated heterocycles. The van der Waals surface area contributed by atoms with Crippen molar-refractivity contribution >= 4 is 56.3 Å². The Balaban J connectivity index is 1.06. The quantitative estimate of drug-likeness (QED) is 0.339.